The highest BCUT2D eigenvalue weighted by molar-refractivity contribution is 5.89. The molecule has 1 aliphatic heterocycles. The molecule has 3 heterocycles. The van der Waals surface area contributed by atoms with E-state index in [1.54, 1.807) is 30.9 Å². The van der Waals surface area contributed by atoms with Crippen LogP contribution in [0, 0.1) is 0 Å². The lowest BCUT2D eigenvalue weighted by molar-refractivity contribution is 0.0694. The van der Waals surface area contributed by atoms with Crippen molar-refractivity contribution in [3.05, 3.63) is 72.2 Å². The first-order valence-electron chi connectivity index (χ1n) is 9.04. The van der Waals surface area contributed by atoms with Crippen molar-refractivity contribution in [2.45, 2.75) is 25.3 Å². The number of aromatic nitrogens is 4. The van der Waals surface area contributed by atoms with Gasteiger partial charge in [-0.05, 0) is 31.0 Å². The lowest BCUT2D eigenvalue weighted by Crippen LogP contribution is -2.34. The maximum absolute atomic E-state index is 11.5. The Balaban J connectivity index is 1.51. The van der Waals surface area contributed by atoms with E-state index in [2.05, 4.69) is 14.9 Å². The summed E-state index contributed by atoms with van der Waals surface area (Å²) >= 11 is 0. The average Bonchev–Trinajstić information content (AvgIpc) is 3.23. The van der Waals surface area contributed by atoms with Crippen molar-refractivity contribution in [2.24, 2.45) is 0 Å². The van der Waals surface area contributed by atoms with Gasteiger partial charge in [-0.25, -0.2) is 14.8 Å². The predicted molar refractivity (Wildman–Crippen MR) is 99.8 cm³/mol. The molecule has 1 N–H and O–H groups in total. The summed E-state index contributed by atoms with van der Waals surface area (Å²) < 4.78 is 1.85. The summed E-state index contributed by atoms with van der Waals surface area (Å²) in [5.41, 5.74) is 2.20. The number of nitrogens with zero attached hydrogens (tertiary/aromatic N) is 5. The van der Waals surface area contributed by atoms with Crippen molar-refractivity contribution < 1.29 is 9.90 Å². The Morgan fingerprint density at radius 3 is 2.93 bits per heavy atom. The van der Waals surface area contributed by atoms with Gasteiger partial charge >= 0.3 is 5.97 Å². The van der Waals surface area contributed by atoms with E-state index < -0.39 is 5.97 Å². The van der Waals surface area contributed by atoms with Crippen molar-refractivity contribution in [3.63, 3.8) is 0 Å². The first-order valence-corrected chi connectivity index (χ1v) is 9.04. The quantitative estimate of drug-likeness (QED) is 0.750. The Hall–Kier alpha value is -3.06. The highest BCUT2D eigenvalue weighted by Gasteiger charge is 2.24. The second kappa shape index (κ2) is 7.67. The molecule has 1 fully saturated rings. The van der Waals surface area contributed by atoms with Gasteiger partial charge in [-0.1, -0.05) is 18.2 Å². The molecule has 0 spiro atoms. The molecule has 7 nitrogen and oxygen atoms in total. The number of hydrogen-bond donors (Lipinski definition) is 1. The second-order valence-electron chi connectivity index (χ2n) is 6.81. The van der Waals surface area contributed by atoms with Gasteiger partial charge in [-0.3, -0.25) is 14.5 Å². The molecule has 0 amide bonds. The van der Waals surface area contributed by atoms with E-state index in [4.69, 9.17) is 4.98 Å². The zero-order valence-corrected chi connectivity index (χ0v) is 14.9. The van der Waals surface area contributed by atoms with Gasteiger partial charge in [0, 0.05) is 37.6 Å². The van der Waals surface area contributed by atoms with Crippen LogP contribution in [0.1, 0.15) is 40.4 Å². The SMILES string of the molecule is O=C(O)c1ccccc1CN1CCC[C@@H](c2cncc(-n3ccnc3)n2)C1. The Morgan fingerprint density at radius 1 is 1.22 bits per heavy atom. The molecule has 0 bridgehead atoms. The third kappa shape index (κ3) is 3.88. The van der Waals surface area contributed by atoms with Gasteiger partial charge in [-0.2, -0.15) is 0 Å². The third-order valence-corrected chi connectivity index (χ3v) is 4.97. The molecule has 27 heavy (non-hydrogen) atoms. The van der Waals surface area contributed by atoms with Gasteiger partial charge in [0.2, 0.25) is 0 Å². The maximum atomic E-state index is 11.5. The number of aromatic carboxylic acids is 1. The maximum Gasteiger partial charge on any atom is 0.336 e. The highest BCUT2D eigenvalue weighted by Crippen LogP contribution is 2.27. The monoisotopic (exact) mass is 363 g/mol. The van der Waals surface area contributed by atoms with Crippen LogP contribution >= 0.6 is 0 Å². The zero-order chi connectivity index (χ0) is 18.6. The smallest absolute Gasteiger partial charge is 0.336 e. The van der Waals surface area contributed by atoms with Crippen LogP contribution in [0.4, 0.5) is 0 Å². The number of piperidine rings is 1. The summed E-state index contributed by atoms with van der Waals surface area (Å²) in [5, 5.41) is 9.40. The zero-order valence-electron chi connectivity index (χ0n) is 14.9. The normalized spacial score (nSPS) is 17.7. The van der Waals surface area contributed by atoms with E-state index in [1.807, 2.05) is 29.1 Å². The fraction of sp³-hybridized carbons (Fsp3) is 0.300. The molecule has 1 aliphatic rings. The third-order valence-electron chi connectivity index (χ3n) is 4.97. The molecule has 2 aromatic heterocycles. The number of rotatable bonds is 5. The lowest BCUT2D eigenvalue weighted by Gasteiger charge is -2.32. The van der Waals surface area contributed by atoms with Gasteiger partial charge in [0.05, 0.1) is 17.5 Å². The van der Waals surface area contributed by atoms with Crippen LogP contribution in [0.15, 0.2) is 55.4 Å². The van der Waals surface area contributed by atoms with Crippen LogP contribution in [0.3, 0.4) is 0 Å². The van der Waals surface area contributed by atoms with Crippen LogP contribution in [0.25, 0.3) is 5.82 Å². The molecule has 3 aromatic rings. The fourth-order valence-corrected chi connectivity index (χ4v) is 3.63. The molecule has 0 aliphatic carbocycles. The van der Waals surface area contributed by atoms with Crippen LogP contribution in [0.5, 0.6) is 0 Å². The van der Waals surface area contributed by atoms with E-state index in [1.165, 1.54) is 0 Å². The van der Waals surface area contributed by atoms with Crippen molar-refractivity contribution in [3.8, 4) is 5.82 Å². The summed E-state index contributed by atoms with van der Waals surface area (Å²) in [6.07, 6.45) is 11.0. The fourth-order valence-electron chi connectivity index (χ4n) is 3.63. The van der Waals surface area contributed by atoms with E-state index in [0.717, 1.165) is 43.0 Å². The summed E-state index contributed by atoms with van der Waals surface area (Å²) in [5.74, 6) is 0.170. The van der Waals surface area contributed by atoms with Crippen LogP contribution in [0.2, 0.25) is 0 Å². The van der Waals surface area contributed by atoms with Crippen LogP contribution < -0.4 is 0 Å². The topological polar surface area (TPSA) is 84.1 Å². The minimum Gasteiger partial charge on any atom is -0.478 e. The number of hydrogen-bond acceptors (Lipinski definition) is 5. The summed E-state index contributed by atoms with van der Waals surface area (Å²) in [4.78, 5) is 26.9. The number of carbonyl (C=O) groups is 1. The minimum absolute atomic E-state index is 0.284. The lowest BCUT2D eigenvalue weighted by atomic mass is 9.94. The molecule has 1 aromatic carbocycles. The van der Waals surface area contributed by atoms with Crippen molar-refractivity contribution in [1.82, 2.24) is 24.4 Å². The Labute approximate surface area is 157 Å². The molecule has 1 atom stereocenters. The molecule has 0 saturated carbocycles. The summed E-state index contributed by atoms with van der Waals surface area (Å²) in [6, 6.07) is 7.22. The first kappa shape index (κ1) is 17.4. The van der Waals surface area contributed by atoms with E-state index in [0.29, 0.717) is 12.1 Å². The van der Waals surface area contributed by atoms with Crippen molar-refractivity contribution in [2.75, 3.05) is 13.1 Å². The molecule has 7 heteroatoms. The van der Waals surface area contributed by atoms with E-state index in [9.17, 15) is 9.90 Å². The van der Waals surface area contributed by atoms with Crippen molar-refractivity contribution in [1.29, 1.82) is 0 Å². The van der Waals surface area contributed by atoms with E-state index in [-0.39, 0.29) is 5.92 Å². The number of benzene rings is 1. The first-order chi connectivity index (χ1) is 13.2. The molecule has 1 saturated heterocycles. The van der Waals surface area contributed by atoms with Crippen LogP contribution in [-0.4, -0.2) is 48.6 Å². The largest absolute Gasteiger partial charge is 0.478 e. The number of carboxylic acid groups (broad SMARTS) is 1. The van der Waals surface area contributed by atoms with Gasteiger partial charge in [0.25, 0.3) is 0 Å². The van der Waals surface area contributed by atoms with Crippen LogP contribution in [-0.2, 0) is 6.54 Å². The van der Waals surface area contributed by atoms with Gasteiger partial charge in [-0.15, -0.1) is 0 Å². The molecule has 138 valence electrons. The van der Waals surface area contributed by atoms with Crippen molar-refractivity contribution >= 4 is 5.97 Å². The Bertz CT molecular complexity index is 926. The molecular formula is C20H21N5O2. The summed E-state index contributed by atoms with van der Waals surface area (Å²) in [7, 11) is 0. The molecule has 0 radical (unpaired) electrons. The van der Waals surface area contributed by atoms with Gasteiger partial charge < -0.3 is 5.11 Å². The second-order valence-corrected chi connectivity index (χ2v) is 6.81. The molecular weight excluding hydrogens is 342 g/mol. The van der Waals surface area contributed by atoms with Gasteiger partial charge in [0.1, 0.15) is 6.33 Å². The predicted octanol–water partition coefficient (Wildman–Crippen LogP) is 2.74. The Morgan fingerprint density at radius 2 is 2.11 bits per heavy atom. The Kier molecular flexibility index (Phi) is 4.93. The minimum atomic E-state index is -0.877. The van der Waals surface area contributed by atoms with E-state index >= 15 is 0 Å². The molecule has 4 rings (SSSR count). The average molecular weight is 363 g/mol. The number of imidazole rings is 1. The highest BCUT2D eigenvalue weighted by atomic mass is 16.4. The standard InChI is InChI=1S/C20H21N5O2/c26-20(27)17-6-2-1-4-15(17)12-24-8-3-5-16(13-24)18-10-22-11-19(23-18)25-9-7-21-14-25/h1-2,4,6-7,9-11,14,16H,3,5,8,12-13H2,(H,26,27)/t16-/m1/s1. The molecule has 0 unspecified atom stereocenters. The summed E-state index contributed by atoms with van der Waals surface area (Å²) in [6.45, 7) is 2.43. The number of likely N-dealkylation sites (tertiary alicyclic amines) is 1. The van der Waals surface area contributed by atoms with Gasteiger partial charge in [0.15, 0.2) is 5.82 Å². The number of carboxylic acids is 1.